The van der Waals surface area contributed by atoms with E-state index in [0.717, 1.165) is 30.0 Å². The van der Waals surface area contributed by atoms with Crippen LogP contribution in [0.25, 0.3) is 0 Å². The van der Waals surface area contributed by atoms with Crippen LogP contribution < -0.4 is 15.5 Å². The van der Waals surface area contributed by atoms with E-state index < -0.39 is 6.04 Å². The van der Waals surface area contributed by atoms with Gasteiger partial charge in [0, 0.05) is 32.4 Å². The molecule has 2 aliphatic rings. The molecule has 1 aromatic rings. The third-order valence-electron chi connectivity index (χ3n) is 4.56. The molecule has 1 aromatic heterocycles. The average Bonchev–Trinajstić information content (AvgIpc) is 2.51. The van der Waals surface area contributed by atoms with Crippen molar-refractivity contribution in [3.05, 3.63) is 17.3 Å². The molecule has 128 valence electrons. The standard InChI is InChI=1S/C17H22N4O3/c1-10-9-14(19-13-3-4-15(23)20-17(13)24)18-11(2)16(10)21-7-5-12(22)6-8-21/h9,13H,3-8H2,1-2H3,(H,18,19)(H,20,23,24). The lowest BCUT2D eigenvalue weighted by molar-refractivity contribution is -0.133. The molecule has 3 rings (SSSR count). The zero-order chi connectivity index (χ0) is 17.3. The first-order valence-electron chi connectivity index (χ1n) is 8.29. The van der Waals surface area contributed by atoms with Gasteiger partial charge in [-0.15, -0.1) is 0 Å². The number of piperidine rings is 2. The van der Waals surface area contributed by atoms with Crippen LogP contribution in [-0.4, -0.2) is 41.7 Å². The monoisotopic (exact) mass is 330 g/mol. The molecule has 2 aliphatic heterocycles. The topological polar surface area (TPSA) is 91.4 Å². The van der Waals surface area contributed by atoms with Gasteiger partial charge in [0.25, 0.3) is 0 Å². The molecule has 2 amide bonds. The van der Waals surface area contributed by atoms with Gasteiger partial charge in [-0.2, -0.15) is 0 Å². The number of anilines is 2. The van der Waals surface area contributed by atoms with E-state index in [1.54, 1.807) is 0 Å². The number of nitrogens with zero attached hydrogens (tertiary/aromatic N) is 2. The van der Waals surface area contributed by atoms with Crippen LogP contribution >= 0.6 is 0 Å². The fourth-order valence-electron chi connectivity index (χ4n) is 3.37. The Kier molecular flexibility index (Phi) is 4.51. The van der Waals surface area contributed by atoms with Crippen molar-refractivity contribution in [2.75, 3.05) is 23.3 Å². The molecule has 2 N–H and O–H groups in total. The van der Waals surface area contributed by atoms with E-state index in [2.05, 4.69) is 20.5 Å². The lowest BCUT2D eigenvalue weighted by Crippen LogP contribution is -2.47. The van der Waals surface area contributed by atoms with Crippen LogP contribution in [0.4, 0.5) is 11.5 Å². The van der Waals surface area contributed by atoms with Crippen molar-refractivity contribution in [2.24, 2.45) is 0 Å². The molecule has 1 unspecified atom stereocenters. The predicted octanol–water partition coefficient (Wildman–Crippen LogP) is 1.08. The maximum absolute atomic E-state index is 11.9. The van der Waals surface area contributed by atoms with E-state index in [0.29, 0.717) is 37.3 Å². The second-order valence-corrected chi connectivity index (χ2v) is 6.43. The molecule has 0 radical (unpaired) electrons. The minimum absolute atomic E-state index is 0.228. The number of ketones is 1. The highest BCUT2D eigenvalue weighted by atomic mass is 16.2. The third kappa shape index (κ3) is 3.39. The maximum Gasteiger partial charge on any atom is 0.249 e. The summed E-state index contributed by atoms with van der Waals surface area (Å²) in [6.45, 7) is 5.40. The fourth-order valence-corrected chi connectivity index (χ4v) is 3.37. The lowest BCUT2D eigenvalue weighted by atomic mass is 10.0. The first kappa shape index (κ1) is 16.4. The number of carbonyl (C=O) groups is 3. The van der Waals surface area contributed by atoms with Gasteiger partial charge < -0.3 is 10.2 Å². The summed E-state index contributed by atoms with van der Waals surface area (Å²) in [5, 5.41) is 5.46. The number of pyridine rings is 1. The molecular weight excluding hydrogens is 308 g/mol. The van der Waals surface area contributed by atoms with Gasteiger partial charge in [-0.1, -0.05) is 0 Å². The van der Waals surface area contributed by atoms with Crippen molar-refractivity contribution >= 4 is 29.1 Å². The molecule has 7 heteroatoms. The summed E-state index contributed by atoms with van der Waals surface area (Å²) in [6.07, 6.45) is 1.96. The number of Topliss-reactive ketones (excluding diaryl/α,β-unsaturated/α-hetero) is 1. The van der Waals surface area contributed by atoms with E-state index in [4.69, 9.17) is 0 Å². The predicted molar refractivity (Wildman–Crippen MR) is 90.0 cm³/mol. The zero-order valence-electron chi connectivity index (χ0n) is 14.0. The number of imide groups is 1. The van der Waals surface area contributed by atoms with Crippen molar-refractivity contribution < 1.29 is 14.4 Å². The van der Waals surface area contributed by atoms with Crippen molar-refractivity contribution in [3.8, 4) is 0 Å². The van der Waals surface area contributed by atoms with Gasteiger partial charge in [-0.05, 0) is 31.9 Å². The summed E-state index contributed by atoms with van der Waals surface area (Å²) >= 11 is 0. The van der Waals surface area contributed by atoms with Gasteiger partial charge >= 0.3 is 0 Å². The van der Waals surface area contributed by atoms with Gasteiger partial charge in [-0.25, -0.2) is 4.98 Å². The number of carbonyl (C=O) groups excluding carboxylic acids is 3. The Labute approximate surface area is 140 Å². The van der Waals surface area contributed by atoms with E-state index in [1.807, 2.05) is 19.9 Å². The highest BCUT2D eigenvalue weighted by Crippen LogP contribution is 2.28. The van der Waals surface area contributed by atoms with Crippen LogP contribution in [-0.2, 0) is 14.4 Å². The smallest absolute Gasteiger partial charge is 0.249 e. The molecule has 2 fully saturated rings. The van der Waals surface area contributed by atoms with Crippen molar-refractivity contribution in [1.29, 1.82) is 0 Å². The van der Waals surface area contributed by atoms with Gasteiger partial charge in [0.15, 0.2) is 0 Å². The summed E-state index contributed by atoms with van der Waals surface area (Å²) in [4.78, 5) is 41.3. The highest BCUT2D eigenvalue weighted by molar-refractivity contribution is 6.01. The molecule has 0 saturated carbocycles. The molecular formula is C17H22N4O3. The first-order valence-corrected chi connectivity index (χ1v) is 8.29. The summed E-state index contributed by atoms with van der Waals surface area (Å²) < 4.78 is 0. The highest BCUT2D eigenvalue weighted by Gasteiger charge is 2.27. The molecule has 1 atom stereocenters. The SMILES string of the molecule is Cc1cc(NC2CCC(=O)NC2=O)nc(C)c1N1CCC(=O)CC1. The van der Waals surface area contributed by atoms with E-state index in [1.165, 1.54) is 0 Å². The van der Waals surface area contributed by atoms with E-state index >= 15 is 0 Å². The van der Waals surface area contributed by atoms with Crippen molar-refractivity contribution in [2.45, 2.75) is 45.6 Å². The Morgan fingerprint density at radius 1 is 1.17 bits per heavy atom. The Morgan fingerprint density at radius 3 is 2.50 bits per heavy atom. The molecule has 7 nitrogen and oxygen atoms in total. The minimum atomic E-state index is -0.438. The van der Waals surface area contributed by atoms with Crippen LogP contribution in [0.5, 0.6) is 0 Å². The van der Waals surface area contributed by atoms with Crippen LogP contribution in [0, 0.1) is 13.8 Å². The summed E-state index contributed by atoms with van der Waals surface area (Å²) in [6, 6.07) is 1.48. The van der Waals surface area contributed by atoms with Crippen LogP contribution in [0.3, 0.4) is 0 Å². The zero-order valence-corrected chi connectivity index (χ0v) is 14.0. The number of nitrogens with one attached hydrogen (secondary N) is 2. The molecule has 3 heterocycles. The Hall–Kier alpha value is -2.44. The number of rotatable bonds is 3. The Balaban J connectivity index is 1.76. The normalized spacial score (nSPS) is 21.7. The second-order valence-electron chi connectivity index (χ2n) is 6.43. The van der Waals surface area contributed by atoms with Crippen molar-refractivity contribution in [3.63, 3.8) is 0 Å². The number of hydrogen-bond acceptors (Lipinski definition) is 6. The molecule has 2 saturated heterocycles. The first-order chi connectivity index (χ1) is 11.4. The minimum Gasteiger partial charge on any atom is -0.369 e. The average molecular weight is 330 g/mol. The third-order valence-corrected chi connectivity index (χ3v) is 4.56. The summed E-state index contributed by atoms with van der Waals surface area (Å²) in [5.41, 5.74) is 3.00. The van der Waals surface area contributed by atoms with Crippen molar-refractivity contribution in [1.82, 2.24) is 10.3 Å². The molecule has 24 heavy (non-hydrogen) atoms. The van der Waals surface area contributed by atoms with Crippen LogP contribution in [0.1, 0.15) is 36.9 Å². The van der Waals surface area contributed by atoms with Gasteiger partial charge in [0.05, 0.1) is 11.4 Å². The second kappa shape index (κ2) is 6.59. The van der Waals surface area contributed by atoms with E-state index in [9.17, 15) is 14.4 Å². The maximum atomic E-state index is 11.9. The van der Waals surface area contributed by atoms with Crippen LogP contribution in [0.15, 0.2) is 6.07 Å². The largest absolute Gasteiger partial charge is 0.369 e. The molecule has 0 aliphatic carbocycles. The molecule has 0 aromatic carbocycles. The van der Waals surface area contributed by atoms with Crippen LogP contribution in [0.2, 0.25) is 0 Å². The van der Waals surface area contributed by atoms with Gasteiger partial charge in [0.2, 0.25) is 11.8 Å². The lowest BCUT2D eigenvalue weighted by Gasteiger charge is -2.31. The molecule has 0 bridgehead atoms. The number of aromatic nitrogens is 1. The fraction of sp³-hybridized carbons (Fsp3) is 0.529. The summed E-state index contributed by atoms with van der Waals surface area (Å²) in [7, 11) is 0. The number of aryl methyl sites for hydroxylation is 2. The Bertz CT molecular complexity index is 668. The number of hydrogen-bond donors (Lipinski definition) is 2. The van der Waals surface area contributed by atoms with Gasteiger partial charge in [-0.3, -0.25) is 19.7 Å². The quantitative estimate of drug-likeness (QED) is 0.806. The Morgan fingerprint density at radius 2 is 1.88 bits per heavy atom. The molecule has 0 spiro atoms. The van der Waals surface area contributed by atoms with E-state index in [-0.39, 0.29) is 11.8 Å². The summed E-state index contributed by atoms with van der Waals surface area (Å²) in [5.74, 6) is 0.414. The van der Waals surface area contributed by atoms with Gasteiger partial charge in [0.1, 0.15) is 17.6 Å². The number of amides is 2.